The molecule has 6 heteroatoms. The number of carbonyl (C=O) groups is 2. The number of ether oxygens (including phenoxy) is 4. The second kappa shape index (κ2) is 15.5. The Balaban J connectivity index is 1.44. The summed E-state index contributed by atoms with van der Waals surface area (Å²) in [5, 5.41) is 0. The summed E-state index contributed by atoms with van der Waals surface area (Å²) in [5.41, 5.74) is 5.13. The van der Waals surface area contributed by atoms with Crippen molar-refractivity contribution in [1.82, 2.24) is 0 Å². The molecule has 0 bridgehead atoms. The summed E-state index contributed by atoms with van der Waals surface area (Å²) in [6.07, 6.45) is 7.45. The van der Waals surface area contributed by atoms with Crippen molar-refractivity contribution in [2.24, 2.45) is 0 Å². The molecule has 0 aliphatic carbocycles. The molecule has 0 aliphatic rings. The molecule has 206 valence electrons. The van der Waals surface area contributed by atoms with Gasteiger partial charge in [0.05, 0.1) is 25.7 Å². The van der Waals surface area contributed by atoms with E-state index < -0.39 is 11.9 Å². The molecule has 0 unspecified atom stereocenters. The molecule has 0 heterocycles. The van der Waals surface area contributed by atoms with Crippen molar-refractivity contribution in [3.05, 3.63) is 122 Å². The van der Waals surface area contributed by atoms with Gasteiger partial charge in [0.1, 0.15) is 11.5 Å². The highest BCUT2D eigenvalue weighted by Gasteiger charge is 2.03. The molecule has 0 saturated heterocycles. The fraction of sp³-hybridized carbons (Fsp3) is 0.176. The summed E-state index contributed by atoms with van der Waals surface area (Å²) < 4.78 is 21.3. The highest BCUT2D eigenvalue weighted by atomic mass is 16.5. The van der Waals surface area contributed by atoms with Gasteiger partial charge in [-0.1, -0.05) is 61.7 Å². The maximum Gasteiger partial charge on any atom is 0.337 e. The molecule has 0 aliphatic heterocycles. The summed E-state index contributed by atoms with van der Waals surface area (Å²) in [4.78, 5) is 22.6. The smallest absolute Gasteiger partial charge is 0.337 e. The fourth-order valence-electron chi connectivity index (χ4n) is 3.39. The lowest BCUT2D eigenvalue weighted by atomic mass is 10.0. The van der Waals surface area contributed by atoms with Crippen LogP contribution < -0.4 is 9.47 Å². The van der Waals surface area contributed by atoms with Crippen LogP contribution in [0.5, 0.6) is 11.5 Å². The number of esters is 2. The number of hydrogen-bond acceptors (Lipinski definition) is 6. The van der Waals surface area contributed by atoms with E-state index in [0.29, 0.717) is 37.2 Å². The van der Waals surface area contributed by atoms with Crippen molar-refractivity contribution in [3.8, 4) is 33.8 Å². The first kappa shape index (κ1) is 29.7. The third-order valence-corrected chi connectivity index (χ3v) is 5.61. The molecule has 3 aromatic rings. The first-order valence-electron chi connectivity index (χ1n) is 12.9. The van der Waals surface area contributed by atoms with Gasteiger partial charge in [0, 0.05) is 24.0 Å². The maximum atomic E-state index is 11.3. The molecule has 0 atom stereocenters. The van der Waals surface area contributed by atoms with Gasteiger partial charge >= 0.3 is 11.9 Å². The van der Waals surface area contributed by atoms with Crippen LogP contribution in [-0.2, 0) is 19.1 Å². The zero-order valence-corrected chi connectivity index (χ0v) is 22.9. The Morgan fingerprint density at radius 3 is 1.18 bits per heavy atom. The van der Waals surface area contributed by atoms with Gasteiger partial charge in [0.25, 0.3) is 0 Å². The third kappa shape index (κ3) is 9.80. The van der Waals surface area contributed by atoms with E-state index in [2.05, 4.69) is 37.4 Å². The van der Waals surface area contributed by atoms with Crippen LogP contribution in [0.4, 0.5) is 0 Å². The molecule has 0 saturated carbocycles. The Morgan fingerprint density at radius 1 is 0.575 bits per heavy atom. The van der Waals surface area contributed by atoms with Gasteiger partial charge in [0.15, 0.2) is 0 Å². The second-order valence-electron chi connectivity index (χ2n) is 9.02. The van der Waals surface area contributed by atoms with Crippen molar-refractivity contribution >= 4 is 11.9 Å². The zero-order chi connectivity index (χ0) is 28.7. The van der Waals surface area contributed by atoms with E-state index in [9.17, 15) is 9.59 Å². The van der Waals surface area contributed by atoms with Gasteiger partial charge in [-0.3, -0.25) is 0 Å². The highest BCUT2D eigenvalue weighted by molar-refractivity contribution is 5.87. The molecule has 40 heavy (non-hydrogen) atoms. The first-order valence-corrected chi connectivity index (χ1v) is 12.9. The van der Waals surface area contributed by atoms with E-state index in [1.807, 2.05) is 48.5 Å². The maximum absolute atomic E-state index is 11.3. The average molecular weight is 539 g/mol. The normalized spacial score (nSPS) is 10.8. The predicted molar refractivity (Wildman–Crippen MR) is 158 cm³/mol. The molecule has 6 nitrogen and oxygen atoms in total. The molecule has 3 rings (SSSR count). The quantitative estimate of drug-likeness (QED) is 0.0902. The topological polar surface area (TPSA) is 71.1 Å². The fourth-order valence-corrected chi connectivity index (χ4v) is 3.39. The molecule has 0 amide bonds. The summed E-state index contributed by atoms with van der Waals surface area (Å²) in [6, 6.07) is 24.3. The zero-order valence-electron chi connectivity index (χ0n) is 22.9. The summed E-state index contributed by atoms with van der Waals surface area (Å²) in [5.74, 6) is 0.674. The minimum atomic E-state index is -0.438. The van der Waals surface area contributed by atoms with Gasteiger partial charge < -0.3 is 18.9 Å². The number of benzene rings is 3. The lowest BCUT2D eigenvalue weighted by molar-refractivity contribution is -0.134. The van der Waals surface area contributed by atoms with Crippen molar-refractivity contribution in [2.75, 3.05) is 13.2 Å². The highest BCUT2D eigenvalue weighted by Crippen LogP contribution is 2.27. The van der Waals surface area contributed by atoms with Crippen LogP contribution in [0.15, 0.2) is 122 Å². The van der Waals surface area contributed by atoms with Gasteiger partial charge in [0.2, 0.25) is 0 Å². The summed E-state index contributed by atoms with van der Waals surface area (Å²) >= 11 is 0. The van der Waals surface area contributed by atoms with Crippen LogP contribution in [0.2, 0.25) is 0 Å². The van der Waals surface area contributed by atoms with E-state index >= 15 is 0 Å². The molecular weight excluding hydrogens is 504 g/mol. The van der Waals surface area contributed by atoms with Crippen LogP contribution in [0.1, 0.15) is 26.7 Å². The van der Waals surface area contributed by atoms with Gasteiger partial charge in [-0.15, -0.1) is 0 Å². The molecule has 0 spiro atoms. The van der Waals surface area contributed by atoms with Crippen LogP contribution in [0.3, 0.4) is 0 Å². The monoisotopic (exact) mass is 538 g/mol. The summed E-state index contributed by atoms with van der Waals surface area (Å²) in [7, 11) is 0. The third-order valence-electron chi connectivity index (χ3n) is 5.61. The van der Waals surface area contributed by atoms with Crippen molar-refractivity contribution in [3.63, 3.8) is 0 Å². The number of hydrogen-bond donors (Lipinski definition) is 0. The largest absolute Gasteiger partial charge is 0.493 e. The molecule has 0 aromatic heterocycles. The van der Waals surface area contributed by atoms with Crippen molar-refractivity contribution in [2.45, 2.75) is 26.7 Å². The van der Waals surface area contributed by atoms with Gasteiger partial charge in [-0.05, 0) is 72.5 Å². The number of carbonyl (C=O) groups excluding carboxylic acids is 2. The van der Waals surface area contributed by atoms with E-state index in [1.165, 1.54) is 12.5 Å². The Bertz CT molecular complexity index is 1240. The number of rotatable bonds is 14. The lowest BCUT2D eigenvalue weighted by Crippen LogP contribution is -1.99. The molecule has 0 radical (unpaired) electrons. The standard InChI is InChI=1S/C34H34O6/c1-25(2)33(35)39-23-7-5-21-37-31-17-13-29(14-18-31)27-9-11-28(12-10-27)30-15-19-32(20-16-30)38-22-6-8-24-40-34(36)26(3)4/h7-20,23-24H,1,3,5-6,21-22H2,2,4H3. The molecular formula is C34H34O6. The van der Waals surface area contributed by atoms with Crippen LogP contribution >= 0.6 is 0 Å². The van der Waals surface area contributed by atoms with Crippen molar-refractivity contribution in [1.29, 1.82) is 0 Å². The van der Waals surface area contributed by atoms with E-state index in [1.54, 1.807) is 26.0 Å². The van der Waals surface area contributed by atoms with Gasteiger partial charge in [-0.2, -0.15) is 0 Å². The average Bonchev–Trinajstić information content (AvgIpc) is 2.97. The Labute approximate surface area is 235 Å². The van der Waals surface area contributed by atoms with Crippen LogP contribution in [-0.4, -0.2) is 25.2 Å². The van der Waals surface area contributed by atoms with E-state index in [-0.39, 0.29) is 0 Å². The Hall–Kier alpha value is -4.84. The Kier molecular flexibility index (Phi) is 11.5. The molecule has 3 aromatic carbocycles. The SMILES string of the molecule is C=C(C)C(=O)OC=CCCOc1ccc(-c2ccc(-c3ccc(OCCC=COC(=O)C(=C)C)cc3)cc2)cc1. The molecule has 0 N–H and O–H groups in total. The van der Waals surface area contributed by atoms with E-state index in [4.69, 9.17) is 18.9 Å². The van der Waals surface area contributed by atoms with Crippen LogP contribution in [0.25, 0.3) is 22.3 Å². The summed E-state index contributed by atoms with van der Waals surface area (Å²) in [6.45, 7) is 11.2. The second-order valence-corrected chi connectivity index (χ2v) is 9.02. The predicted octanol–water partition coefficient (Wildman–Crippen LogP) is 7.82. The Morgan fingerprint density at radius 2 is 0.875 bits per heavy atom. The minimum Gasteiger partial charge on any atom is -0.493 e. The van der Waals surface area contributed by atoms with Gasteiger partial charge in [-0.25, -0.2) is 9.59 Å². The van der Waals surface area contributed by atoms with Crippen LogP contribution in [0, 0.1) is 0 Å². The minimum absolute atomic E-state index is 0.360. The molecule has 0 fully saturated rings. The first-order chi connectivity index (χ1) is 19.3. The lowest BCUT2D eigenvalue weighted by Gasteiger charge is -2.09. The van der Waals surface area contributed by atoms with E-state index in [0.717, 1.165) is 33.8 Å². The van der Waals surface area contributed by atoms with Crippen molar-refractivity contribution < 1.29 is 28.5 Å².